The molecule has 0 atom stereocenters. The van der Waals surface area contributed by atoms with Crippen LogP contribution < -0.4 is 0 Å². The molecule has 1 saturated heterocycles. The van der Waals surface area contributed by atoms with Gasteiger partial charge in [0.25, 0.3) is 0 Å². The molecule has 0 spiro atoms. The Bertz CT molecular complexity index is 588. The number of aliphatic hydroxyl groups excluding tert-OH is 1. The van der Waals surface area contributed by atoms with E-state index in [2.05, 4.69) is 15.9 Å². The average Bonchev–Trinajstić information content (AvgIpc) is 2.48. The number of rotatable bonds is 5. The summed E-state index contributed by atoms with van der Waals surface area (Å²) in [6.45, 7) is 1.11. The summed E-state index contributed by atoms with van der Waals surface area (Å²) < 4.78 is 32.6. The number of hydrogen-bond acceptors (Lipinski definition) is 4. The van der Waals surface area contributed by atoms with Gasteiger partial charge in [-0.25, -0.2) is 8.42 Å². The third-order valence-corrected chi connectivity index (χ3v) is 6.48. The molecule has 0 bridgehead atoms. The first-order valence-corrected chi connectivity index (χ1v) is 9.24. The minimum atomic E-state index is -3.51. The molecular weight excluding hydrogens is 382 g/mol. The summed E-state index contributed by atoms with van der Waals surface area (Å²) in [4.78, 5) is 0.230. The monoisotopic (exact) mass is 397 g/mol. The molecule has 8 heteroatoms. The molecule has 1 fully saturated rings. The van der Waals surface area contributed by atoms with E-state index in [1.54, 1.807) is 6.07 Å². The number of nitrogens with zero attached hydrogens (tertiary/aromatic N) is 1. The van der Waals surface area contributed by atoms with Crippen molar-refractivity contribution in [1.82, 2.24) is 4.31 Å². The molecule has 1 aliphatic heterocycles. The van der Waals surface area contributed by atoms with Crippen LogP contribution in [0.4, 0.5) is 0 Å². The lowest BCUT2D eigenvalue weighted by atomic mass is 10.1. The van der Waals surface area contributed by atoms with Gasteiger partial charge in [0.1, 0.15) is 0 Å². The van der Waals surface area contributed by atoms with Crippen molar-refractivity contribution in [3.05, 3.63) is 27.7 Å². The molecule has 0 radical (unpaired) electrons. The van der Waals surface area contributed by atoms with E-state index in [0.29, 0.717) is 42.0 Å². The van der Waals surface area contributed by atoms with Crippen molar-refractivity contribution < 1.29 is 18.3 Å². The maximum atomic E-state index is 12.6. The number of halogens is 2. The van der Waals surface area contributed by atoms with E-state index in [1.807, 2.05) is 0 Å². The Morgan fingerprint density at radius 1 is 1.38 bits per heavy atom. The van der Waals surface area contributed by atoms with Crippen molar-refractivity contribution in [3.8, 4) is 0 Å². The second-order valence-electron chi connectivity index (χ2n) is 4.77. The zero-order valence-corrected chi connectivity index (χ0v) is 14.5. The Morgan fingerprint density at radius 2 is 2.05 bits per heavy atom. The van der Waals surface area contributed by atoms with E-state index in [9.17, 15) is 8.42 Å². The number of aliphatic hydroxyl groups is 1. The Balaban J connectivity index is 2.06. The van der Waals surface area contributed by atoms with Crippen LogP contribution in [-0.4, -0.2) is 50.2 Å². The molecule has 0 amide bonds. The van der Waals surface area contributed by atoms with Gasteiger partial charge in [0, 0.05) is 17.6 Å². The van der Waals surface area contributed by atoms with Gasteiger partial charge in [-0.15, -0.1) is 0 Å². The Labute approximate surface area is 138 Å². The molecule has 1 heterocycles. The molecule has 1 aliphatic rings. The SMILES string of the molecule is O=S(=O)(c1ccc(Cl)c(Br)c1)N1CCC(OCCO)CC1. The maximum Gasteiger partial charge on any atom is 0.243 e. The second kappa shape index (κ2) is 7.39. The molecule has 1 aromatic carbocycles. The van der Waals surface area contributed by atoms with Crippen LogP contribution in [0.15, 0.2) is 27.6 Å². The molecule has 1 aromatic rings. The number of sulfonamides is 1. The van der Waals surface area contributed by atoms with Gasteiger partial charge in [0.05, 0.1) is 29.2 Å². The molecule has 0 unspecified atom stereocenters. The highest BCUT2D eigenvalue weighted by atomic mass is 79.9. The van der Waals surface area contributed by atoms with Crippen molar-refractivity contribution in [2.45, 2.75) is 23.8 Å². The Hall–Kier alpha value is -0.180. The van der Waals surface area contributed by atoms with Crippen LogP contribution in [0.3, 0.4) is 0 Å². The maximum absolute atomic E-state index is 12.6. The summed E-state index contributed by atoms with van der Waals surface area (Å²) >= 11 is 9.13. The van der Waals surface area contributed by atoms with Crippen LogP contribution >= 0.6 is 27.5 Å². The number of piperidine rings is 1. The quantitative estimate of drug-likeness (QED) is 0.826. The highest BCUT2D eigenvalue weighted by molar-refractivity contribution is 9.10. The first-order valence-electron chi connectivity index (χ1n) is 6.63. The lowest BCUT2D eigenvalue weighted by Crippen LogP contribution is -2.41. The Kier molecular flexibility index (Phi) is 6.05. The molecule has 0 aromatic heterocycles. The fourth-order valence-corrected chi connectivity index (χ4v) is 4.39. The second-order valence-corrected chi connectivity index (χ2v) is 7.97. The summed E-state index contributed by atoms with van der Waals surface area (Å²) in [7, 11) is -3.51. The minimum Gasteiger partial charge on any atom is -0.394 e. The van der Waals surface area contributed by atoms with Gasteiger partial charge in [-0.3, -0.25) is 0 Å². The lowest BCUT2D eigenvalue weighted by molar-refractivity contribution is 0.00318. The van der Waals surface area contributed by atoms with Crippen LogP contribution in [0.25, 0.3) is 0 Å². The zero-order chi connectivity index (χ0) is 15.5. The fourth-order valence-electron chi connectivity index (χ4n) is 2.24. The first kappa shape index (κ1) is 17.2. The van der Waals surface area contributed by atoms with Gasteiger partial charge in [-0.1, -0.05) is 11.6 Å². The van der Waals surface area contributed by atoms with Crippen molar-refractivity contribution >= 4 is 37.6 Å². The molecular formula is C13H17BrClNO4S. The Morgan fingerprint density at radius 3 is 2.62 bits per heavy atom. The highest BCUT2D eigenvalue weighted by Gasteiger charge is 2.29. The molecule has 118 valence electrons. The van der Waals surface area contributed by atoms with E-state index in [4.69, 9.17) is 21.4 Å². The van der Waals surface area contributed by atoms with E-state index >= 15 is 0 Å². The van der Waals surface area contributed by atoms with Gasteiger partial charge >= 0.3 is 0 Å². The van der Waals surface area contributed by atoms with Gasteiger partial charge in [0.2, 0.25) is 10.0 Å². The minimum absolute atomic E-state index is 0.0144. The smallest absolute Gasteiger partial charge is 0.243 e. The predicted octanol–water partition coefficient (Wildman–Crippen LogP) is 2.26. The van der Waals surface area contributed by atoms with Gasteiger partial charge in [-0.05, 0) is 47.0 Å². The number of hydrogen-bond donors (Lipinski definition) is 1. The van der Waals surface area contributed by atoms with Crippen LogP contribution in [-0.2, 0) is 14.8 Å². The molecule has 2 rings (SSSR count). The molecule has 21 heavy (non-hydrogen) atoms. The summed E-state index contributed by atoms with van der Waals surface area (Å²) in [5.74, 6) is 0. The summed E-state index contributed by atoms with van der Waals surface area (Å²) in [6.07, 6.45) is 1.28. The molecule has 0 saturated carbocycles. The van der Waals surface area contributed by atoms with Crippen molar-refractivity contribution in [2.24, 2.45) is 0 Å². The molecule has 1 N–H and O–H groups in total. The van der Waals surface area contributed by atoms with Crippen LogP contribution in [0.5, 0.6) is 0 Å². The van der Waals surface area contributed by atoms with Crippen LogP contribution in [0.1, 0.15) is 12.8 Å². The van der Waals surface area contributed by atoms with E-state index in [1.165, 1.54) is 16.4 Å². The van der Waals surface area contributed by atoms with Gasteiger partial charge < -0.3 is 9.84 Å². The third-order valence-electron chi connectivity index (χ3n) is 3.37. The summed E-state index contributed by atoms with van der Waals surface area (Å²) in [5.41, 5.74) is 0. The standard InChI is InChI=1S/C13H17BrClNO4S/c14-12-9-11(1-2-13(12)15)21(18,19)16-5-3-10(4-6-16)20-8-7-17/h1-2,9-10,17H,3-8H2. The van der Waals surface area contributed by atoms with Gasteiger partial charge in [-0.2, -0.15) is 4.31 Å². The molecule has 5 nitrogen and oxygen atoms in total. The van der Waals surface area contributed by atoms with Crippen LogP contribution in [0, 0.1) is 0 Å². The number of benzene rings is 1. The zero-order valence-electron chi connectivity index (χ0n) is 11.3. The average molecular weight is 399 g/mol. The highest BCUT2D eigenvalue weighted by Crippen LogP contribution is 2.28. The summed E-state index contributed by atoms with van der Waals surface area (Å²) in [5, 5.41) is 9.21. The van der Waals surface area contributed by atoms with E-state index in [0.717, 1.165) is 0 Å². The largest absolute Gasteiger partial charge is 0.394 e. The van der Waals surface area contributed by atoms with Crippen molar-refractivity contribution in [2.75, 3.05) is 26.3 Å². The number of ether oxygens (including phenoxy) is 1. The van der Waals surface area contributed by atoms with E-state index < -0.39 is 10.0 Å². The normalized spacial score (nSPS) is 18.0. The van der Waals surface area contributed by atoms with E-state index in [-0.39, 0.29) is 17.6 Å². The van der Waals surface area contributed by atoms with Crippen molar-refractivity contribution in [3.63, 3.8) is 0 Å². The predicted molar refractivity (Wildman–Crippen MR) is 84.0 cm³/mol. The molecule has 0 aliphatic carbocycles. The van der Waals surface area contributed by atoms with Crippen LogP contribution in [0.2, 0.25) is 5.02 Å². The lowest BCUT2D eigenvalue weighted by Gasteiger charge is -2.31. The fraction of sp³-hybridized carbons (Fsp3) is 0.538. The van der Waals surface area contributed by atoms with Gasteiger partial charge in [0.15, 0.2) is 0 Å². The first-order chi connectivity index (χ1) is 9.95. The van der Waals surface area contributed by atoms with Crippen molar-refractivity contribution in [1.29, 1.82) is 0 Å². The third kappa shape index (κ3) is 4.18. The summed E-state index contributed by atoms with van der Waals surface area (Å²) in [6, 6.07) is 4.60. The topological polar surface area (TPSA) is 66.8 Å².